The van der Waals surface area contributed by atoms with E-state index in [2.05, 4.69) is 18.3 Å². The number of hydrogen-bond donors (Lipinski definition) is 1. The highest BCUT2D eigenvalue weighted by Crippen LogP contribution is 2.38. The van der Waals surface area contributed by atoms with Gasteiger partial charge in [-0.2, -0.15) is 0 Å². The SMILES string of the molecule is Cc1cc(C)cc(NC(=O)[C@@H]2C[C@@H]2C)c1. The van der Waals surface area contributed by atoms with Crippen LogP contribution in [0.1, 0.15) is 24.5 Å². The lowest BCUT2D eigenvalue weighted by Gasteiger charge is -2.06. The van der Waals surface area contributed by atoms with Crippen molar-refractivity contribution in [3.63, 3.8) is 0 Å². The molecule has 15 heavy (non-hydrogen) atoms. The Morgan fingerprint density at radius 1 is 1.27 bits per heavy atom. The van der Waals surface area contributed by atoms with Crippen molar-refractivity contribution < 1.29 is 4.79 Å². The standard InChI is InChI=1S/C13H17NO/c1-8-4-9(2)6-11(5-8)14-13(15)12-7-10(12)3/h4-6,10,12H,7H2,1-3H3,(H,14,15)/t10-,12+/m0/s1. The van der Waals surface area contributed by atoms with Crippen LogP contribution in [-0.2, 0) is 4.79 Å². The summed E-state index contributed by atoms with van der Waals surface area (Å²) in [6, 6.07) is 6.13. The monoisotopic (exact) mass is 203 g/mol. The Morgan fingerprint density at radius 3 is 2.27 bits per heavy atom. The lowest BCUT2D eigenvalue weighted by Crippen LogP contribution is -2.14. The third-order valence-electron chi connectivity index (χ3n) is 2.94. The van der Waals surface area contributed by atoms with Gasteiger partial charge in [0.15, 0.2) is 0 Å². The Bertz CT molecular complexity index is 377. The fourth-order valence-electron chi connectivity index (χ4n) is 1.97. The first-order valence-corrected chi connectivity index (χ1v) is 5.45. The second-order valence-electron chi connectivity index (χ2n) is 4.69. The van der Waals surface area contributed by atoms with Crippen LogP contribution in [0.5, 0.6) is 0 Å². The zero-order valence-electron chi connectivity index (χ0n) is 9.50. The molecule has 2 nitrogen and oxygen atoms in total. The molecule has 0 unspecified atom stereocenters. The number of anilines is 1. The molecule has 1 aromatic rings. The highest BCUT2D eigenvalue weighted by molar-refractivity contribution is 5.94. The Hall–Kier alpha value is -1.31. The predicted octanol–water partition coefficient (Wildman–Crippen LogP) is 2.90. The van der Waals surface area contributed by atoms with Crippen LogP contribution in [0.15, 0.2) is 18.2 Å². The molecular formula is C13H17NO. The van der Waals surface area contributed by atoms with E-state index in [1.54, 1.807) is 0 Å². The van der Waals surface area contributed by atoms with Crippen molar-refractivity contribution >= 4 is 11.6 Å². The number of aryl methyl sites for hydroxylation is 2. The molecule has 0 spiro atoms. The molecule has 80 valence electrons. The Kier molecular flexibility index (Phi) is 2.51. The molecule has 1 aromatic carbocycles. The van der Waals surface area contributed by atoms with E-state index in [-0.39, 0.29) is 11.8 Å². The number of carbonyl (C=O) groups excluding carboxylic acids is 1. The Labute approximate surface area is 90.7 Å². The molecule has 2 rings (SSSR count). The summed E-state index contributed by atoms with van der Waals surface area (Å²) in [5.41, 5.74) is 3.31. The zero-order valence-corrected chi connectivity index (χ0v) is 9.50. The summed E-state index contributed by atoms with van der Waals surface area (Å²) in [5.74, 6) is 0.981. The maximum atomic E-state index is 11.7. The van der Waals surface area contributed by atoms with Crippen LogP contribution in [0, 0.1) is 25.7 Å². The highest BCUT2D eigenvalue weighted by Gasteiger charge is 2.38. The first kappa shape index (κ1) is 10.2. The van der Waals surface area contributed by atoms with Crippen molar-refractivity contribution in [2.24, 2.45) is 11.8 Å². The minimum Gasteiger partial charge on any atom is -0.326 e. The van der Waals surface area contributed by atoms with Gasteiger partial charge in [0.05, 0.1) is 0 Å². The molecule has 2 heteroatoms. The van der Waals surface area contributed by atoms with Crippen molar-refractivity contribution in [3.05, 3.63) is 29.3 Å². The lowest BCUT2D eigenvalue weighted by molar-refractivity contribution is -0.117. The van der Waals surface area contributed by atoms with E-state index in [1.165, 1.54) is 11.1 Å². The van der Waals surface area contributed by atoms with Crippen molar-refractivity contribution in [3.8, 4) is 0 Å². The molecule has 1 saturated carbocycles. The van der Waals surface area contributed by atoms with Gasteiger partial charge in [0.2, 0.25) is 5.91 Å². The molecule has 0 bridgehead atoms. The van der Waals surface area contributed by atoms with E-state index < -0.39 is 0 Å². The van der Waals surface area contributed by atoms with Gasteiger partial charge in [-0.05, 0) is 49.4 Å². The molecule has 0 heterocycles. The second-order valence-corrected chi connectivity index (χ2v) is 4.69. The van der Waals surface area contributed by atoms with Crippen LogP contribution in [0.3, 0.4) is 0 Å². The summed E-state index contributed by atoms with van der Waals surface area (Å²) in [7, 11) is 0. The summed E-state index contributed by atoms with van der Waals surface area (Å²) < 4.78 is 0. The van der Waals surface area contributed by atoms with Gasteiger partial charge in [-0.3, -0.25) is 4.79 Å². The summed E-state index contributed by atoms with van der Waals surface area (Å²) in [6.45, 7) is 6.20. The topological polar surface area (TPSA) is 29.1 Å². The third-order valence-corrected chi connectivity index (χ3v) is 2.94. The van der Waals surface area contributed by atoms with Gasteiger partial charge in [-0.25, -0.2) is 0 Å². The van der Waals surface area contributed by atoms with Crippen LogP contribution < -0.4 is 5.32 Å². The molecule has 0 radical (unpaired) electrons. The summed E-state index contributed by atoms with van der Waals surface area (Å²) >= 11 is 0. The van der Waals surface area contributed by atoms with Gasteiger partial charge in [0, 0.05) is 11.6 Å². The largest absolute Gasteiger partial charge is 0.326 e. The van der Waals surface area contributed by atoms with Crippen molar-refractivity contribution in [2.75, 3.05) is 5.32 Å². The lowest BCUT2D eigenvalue weighted by atomic mass is 10.1. The fraction of sp³-hybridized carbons (Fsp3) is 0.462. The van der Waals surface area contributed by atoms with E-state index in [0.717, 1.165) is 12.1 Å². The van der Waals surface area contributed by atoms with Crippen LogP contribution in [0.25, 0.3) is 0 Å². The van der Waals surface area contributed by atoms with E-state index in [0.29, 0.717) is 5.92 Å². The van der Waals surface area contributed by atoms with Crippen LogP contribution in [0.2, 0.25) is 0 Å². The van der Waals surface area contributed by atoms with Gasteiger partial charge in [0.1, 0.15) is 0 Å². The second kappa shape index (κ2) is 3.69. The molecule has 0 aliphatic heterocycles. The van der Waals surface area contributed by atoms with Crippen LogP contribution in [0.4, 0.5) is 5.69 Å². The van der Waals surface area contributed by atoms with Crippen molar-refractivity contribution in [1.29, 1.82) is 0 Å². The maximum Gasteiger partial charge on any atom is 0.227 e. The Balaban J connectivity index is 2.07. The van der Waals surface area contributed by atoms with Gasteiger partial charge in [0.25, 0.3) is 0 Å². The number of rotatable bonds is 2. The molecule has 0 saturated heterocycles. The number of carbonyl (C=O) groups is 1. The molecular weight excluding hydrogens is 186 g/mol. The minimum atomic E-state index is 0.174. The number of nitrogens with one attached hydrogen (secondary N) is 1. The van der Waals surface area contributed by atoms with Crippen molar-refractivity contribution in [2.45, 2.75) is 27.2 Å². The first-order valence-electron chi connectivity index (χ1n) is 5.45. The molecule has 0 aromatic heterocycles. The molecule has 2 atom stereocenters. The minimum absolute atomic E-state index is 0.174. The summed E-state index contributed by atoms with van der Waals surface area (Å²) in [4.78, 5) is 11.7. The number of amides is 1. The van der Waals surface area contributed by atoms with E-state index in [4.69, 9.17) is 0 Å². The van der Waals surface area contributed by atoms with E-state index in [1.807, 2.05) is 26.0 Å². The summed E-state index contributed by atoms with van der Waals surface area (Å²) in [5, 5.41) is 2.98. The average molecular weight is 203 g/mol. The van der Waals surface area contributed by atoms with Gasteiger partial charge < -0.3 is 5.32 Å². The van der Waals surface area contributed by atoms with Crippen LogP contribution in [-0.4, -0.2) is 5.91 Å². The van der Waals surface area contributed by atoms with Gasteiger partial charge in [-0.1, -0.05) is 13.0 Å². The van der Waals surface area contributed by atoms with Crippen molar-refractivity contribution in [1.82, 2.24) is 0 Å². The van der Waals surface area contributed by atoms with E-state index >= 15 is 0 Å². The Morgan fingerprint density at radius 2 is 1.80 bits per heavy atom. The normalized spacial score (nSPS) is 23.7. The van der Waals surface area contributed by atoms with Gasteiger partial charge >= 0.3 is 0 Å². The predicted molar refractivity (Wildman–Crippen MR) is 61.8 cm³/mol. The number of benzene rings is 1. The summed E-state index contributed by atoms with van der Waals surface area (Å²) in [6.07, 6.45) is 1.04. The zero-order chi connectivity index (χ0) is 11.0. The highest BCUT2D eigenvalue weighted by atomic mass is 16.2. The first-order chi connectivity index (χ1) is 7.06. The molecule has 1 aliphatic rings. The maximum absolute atomic E-state index is 11.7. The fourth-order valence-corrected chi connectivity index (χ4v) is 1.97. The smallest absolute Gasteiger partial charge is 0.227 e. The molecule has 1 amide bonds. The third kappa shape index (κ3) is 2.38. The average Bonchev–Trinajstić information content (AvgIpc) is 2.80. The molecule has 1 fully saturated rings. The quantitative estimate of drug-likeness (QED) is 0.786. The molecule has 1 N–H and O–H groups in total. The number of hydrogen-bond acceptors (Lipinski definition) is 1. The van der Waals surface area contributed by atoms with Gasteiger partial charge in [-0.15, -0.1) is 0 Å². The van der Waals surface area contributed by atoms with Crippen LogP contribution >= 0.6 is 0 Å². The molecule has 1 aliphatic carbocycles. The van der Waals surface area contributed by atoms with E-state index in [9.17, 15) is 4.79 Å².